The van der Waals surface area contributed by atoms with Crippen LogP contribution in [-0.4, -0.2) is 29.9 Å². The summed E-state index contributed by atoms with van der Waals surface area (Å²) in [7, 11) is 0. The molecule has 2 aromatic heterocycles. The Hall–Kier alpha value is -2.74. The summed E-state index contributed by atoms with van der Waals surface area (Å²) in [5, 5.41) is 15.4. The van der Waals surface area contributed by atoms with Crippen LogP contribution >= 0.6 is 11.8 Å². The molecule has 1 N–H and O–H groups in total. The predicted octanol–water partition coefficient (Wildman–Crippen LogP) is 2.30. The molecule has 0 unspecified atom stereocenters. The number of amides is 1. The SMILES string of the molecule is CSCC[C@H](NC(=O)Cc1c(C)c2cc3c(C)c(C)oc3c(C)c2oc1=O)C(=O)[O-]. The zero-order valence-corrected chi connectivity index (χ0v) is 18.5. The molecule has 7 nitrogen and oxygen atoms in total. The van der Waals surface area contributed by atoms with Crippen molar-refractivity contribution in [1.29, 1.82) is 0 Å². The Morgan fingerprint density at radius 2 is 1.70 bits per heavy atom. The number of rotatable bonds is 7. The number of hydrogen-bond donors (Lipinski definition) is 1. The minimum Gasteiger partial charge on any atom is -0.548 e. The highest BCUT2D eigenvalue weighted by molar-refractivity contribution is 7.98. The Morgan fingerprint density at radius 1 is 1.07 bits per heavy atom. The Morgan fingerprint density at radius 3 is 2.33 bits per heavy atom. The number of carboxylic acids is 1. The van der Waals surface area contributed by atoms with Crippen LogP contribution in [-0.2, 0) is 16.0 Å². The number of carboxylic acid groups (broad SMARTS) is 1. The zero-order valence-electron chi connectivity index (χ0n) is 17.6. The smallest absolute Gasteiger partial charge is 0.340 e. The number of aliphatic carboxylic acids is 1. The fraction of sp³-hybridized carbons (Fsp3) is 0.409. The van der Waals surface area contributed by atoms with E-state index < -0.39 is 23.5 Å². The molecule has 3 aromatic rings. The Labute approximate surface area is 177 Å². The first-order chi connectivity index (χ1) is 14.1. The molecule has 0 bridgehead atoms. The number of furan rings is 1. The molecule has 3 rings (SSSR count). The first-order valence-corrected chi connectivity index (χ1v) is 11.0. The zero-order chi connectivity index (χ0) is 22.2. The van der Waals surface area contributed by atoms with Gasteiger partial charge in [0.15, 0.2) is 0 Å². The lowest BCUT2D eigenvalue weighted by Gasteiger charge is -2.19. The van der Waals surface area contributed by atoms with Gasteiger partial charge in [-0.05, 0) is 63.3 Å². The minimum atomic E-state index is -1.34. The lowest BCUT2D eigenvalue weighted by Crippen LogP contribution is -2.48. The molecule has 1 aromatic carbocycles. The van der Waals surface area contributed by atoms with Gasteiger partial charge in [0.25, 0.3) is 0 Å². The molecule has 8 heteroatoms. The van der Waals surface area contributed by atoms with Crippen molar-refractivity contribution < 1.29 is 23.5 Å². The van der Waals surface area contributed by atoms with Crippen molar-refractivity contribution in [2.75, 3.05) is 12.0 Å². The molecule has 0 radical (unpaired) electrons. The standard InChI is InChI=1S/C22H25NO6S/c1-10-13(4)28-19-12(3)20-15(8-14(10)19)11(2)16(22(27)29-20)9-18(24)23-17(21(25)26)6-7-30-5/h8,17H,6-7,9H2,1-5H3,(H,23,24)(H,25,26)/p-1/t17-/m0/s1. The quantitative estimate of drug-likeness (QED) is 0.572. The molecule has 1 atom stereocenters. The van der Waals surface area contributed by atoms with E-state index in [1.165, 1.54) is 11.8 Å². The van der Waals surface area contributed by atoms with E-state index in [1.807, 2.05) is 33.1 Å². The summed E-state index contributed by atoms with van der Waals surface area (Å²) in [5.41, 5.74) is 3.06. The average molecular weight is 431 g/mol. The number of thioether (sulfide) groups is 1. The van der Waals surface area contributed by atoms with Crippen molar-refractivity contribution in [1.82, 2.24) is 5.32 Å². The number of fused-ring (bicyclic) bond motifs is 2. The fourth-order valence-electron chi connectivity index (χ4n) is 3.59. The summed E-state index contributed by atoms with van der Waals surface area (Å²) in [6.45, 7) is 7.43. The van der Waals surface area contributed by atoms with Gasteiger partial charge < -0.3 is 24.1 Å². The molecule has 1 amide bonds. The van der Waals surface area contributed by atoms with Gasteiger partial charge in [0.1, 0.15) is 16.9 Å². The van der Waals surface area contributed by atoms with Crippen molar-refractivity contribution >= 4 is 45.6 Å². The van der Waals surface area contributed by atoms with Gasteiger partial charge in [-0.25, -0.2) is 4.79 Å². The van der Waals surface area contributed by atoms with Gasteiger partial charge in [-0.1, -0.05) is 0 Å². The highest BCUT2D eigenvalue weighted by Gasteiger charge is 2.21. The summed E-state index contributed by atoms with van der Waals surface area (Å²) in [6, 6.07) is 0.808. The summed E-state index contributed by atoms with van der Waals surface area (Å²) >= 11 is 1.47. The van der Waals surface area contributed by atoms with Crippen molar-refractivity contribution in [3.63, 3.8) is 0 Å². The molecule has 0 saturated carbocycles. The summed E-state index contributed by atoms with van der Waals surface area (Å²) in [5.74, 6) is -0.548. The monoisotopic (exact) mass is 430 g/mol. The van der Waals surface area contributed by atoms with Gasteiger partial charge >= 0.3 is 5.63 Å². The van der Waals surface area contributed by atoms with Crippen LogP contribution in [0.15, 0.2) is 19.7 Å². The third kappa shape index (κ3) is 3.96. The van der Waals surface area contributed by atoms with Crippen molar-refractivity contribution in [3.05, 3.63) is 44.5 Å². The molecule has 0 saturated heterocycles. The average Bonchev–Trinajstić information content (AvgIpc) is 2.98. The third-order valence-electron chi connectivity index (χ3n) is 5.51. The Bertz CT molecular complexity index is 1210. The molecule has 0 aliphatic heterocycles. The van der Waals surface area contributed by atoms with Crippen molar-refractivity contribution in [2.24, 2.45) is 0 Å². The maximum absolute atomic E-state index is 12.6. The predicted molar refractivity (Wildman–Crippen MR) is 115 cm³/mol. The molecular weight excluding hydrogens is 406 g/mol. The number of hydrogen-bond acceptors (Lipinski definition) is 7. The lowest BCUT2D eigenvalue weighted by molar-refractivity contribution is -0.308. The van der Waals surface area contributed by atoms with E-state index in [-0.39, 0.29) is 18.4 Å². The summed E-state index contributed by atoms with van der Waals surface area (Å²) < 4.78 is 11.4. The van der Waals surface area contributed by atoms with Crippen LogP contribution < -0.4 is 16.0 Å². The van der Waals surface area contributed by atoms with Crippen LogP contribution in [0.3, 0.4) is 0 Å². The summed E-state index contributed by atoms with van der Waals surface area (Å²) in [6.07, 6.45) is 1.82. The molecular formula is C22H24NO6S-. The van der Waals surface area contributed by atoms with E-state index in [2.05, 4.69) is 5.32 Å². The van der Waals surface area contributed by atoms with E-state index in [9.17, 15) is 19.5 Å². The van der Waals surface area contributed by atoms with Crippen LogP contribution in [0.5, 0.6) is 0 Å². The maximum Gasteiger partial charge on any atom is 0.340 e. The van der Waals surface area contributed by atoms with Crippen molar-refractivity contribution in [2.45, 2.75) is 46.6 Å². The molecule has 0 aliphatic rings. The van der Waals surface area contributed by atoms with Gasteiger partial charge in [-0.15, -0.1) is 0 Å². The Balaban J connectivity index is 2.01. The van der Waals surface area contributed by atoms with E-state index in [0.717, 1.165) is 27.7 Å². The molecule has 0 spiro atoms. The van der Waals surface area contributed by atoms with Gasteiger partial charge in [-0.2, -0.15) is 11.8 Å². The summed E-state index contributed by atoms with van der Waals surface area (Å²) in [4.78, 5) is 36.4. The number of aryl methyl sites for hydroxylation is 4. The number of carbonyl (C=O) groups excluding carboxylic acids is 2. The molecule has 0 aliphatic carbocycles. The van der Waals surface area contributed by atoms with E-state index in [1.54, 1.807) is 6.92 Å². The second kappa shape index (κ2) is 8.55. The highest BCUT2D eigenvalue weighted by Crippen LogP contribution is 2.34. The first-order valence-electron chi connectivity index (χ1n) is 9.60. The van der Waals surface area contributed by atoms with Crippen LogP contribution in [0.4, 0.5) is 0 Å². The van der Waals surface area contributed by atoms with Gasteiger partial charge in [0.2, 0.25) is 5.91 Å². The van der Waals surface area contributed by atoms with E-state index in [4.69, 9.17) is 8.83 Å². The van der Waals surface area contributed by atoms with Gasteiger partial charge in [0.05, 0.1) is 24.0 Å². The van der Waals surface area contributed by atoms with Gasteiger partial charge in [-0.3, -0.25) is 4.79 Å². The topological polar surface area (TPSA) is 113 Å². The normalized spacial score (nSPS) is 12.4. The van der Waals surface area contributed by atoms with Crippen LogP contribution in [0.2, 0.25) is 0 Å². The Kier molecular flexibility index (Phi) is 6.26. The molecule has 0 fully saturated rings. The van der Waals surface area contributed by atoms with Crippen LogP contribution in [0, 0.1) is 27.7 Å². The number of carbonyl (C=O) groups is 2. The maximum atomic E-state index is 12.6. The second-order valence-electron chi connectivity index (χ2n) is 7.43. The van der Waals surface area contributed by atoms with E-state index in [0.29, 0.717) is 22.5 Å². The largest absolute Gasteiger partial charge is 0.548 e. The van der Waals surface area contributed by atoms with Gasteiger partial charge in [0, 0.05) is 16.3 Å². The van der Waals surface area contributed by atoms with Crippen LogP contribution in [0.1, 0.15) is 34.4 Å². The van der Waals surface area contributed by atoms with Crippen molar-refractivity contribution in [3.8, 4) is 0 Å². The minimum absolute atomic E-state index is 0.207. The molecule has 160 valence electrons. The molecule has 30 heavy (non-hydrogen) atoms. The second-order valence-corrected chi connectivity index (χ2v) is 8.41. The third-order valence-corrected chi connectivity index (χ3v) is 6.16. The fourth-order valence-corrected chi connectivity index (χ4v) is 4.06. The molecule has 2 heterocycles. The number of nitrogens with one attached hydrogen (secondary N) is 1. The van der Waals surface area contributed by atoms with Crippen LogP contribution in [0.25, 0.3) is 21.9 Å². The van der Waals surface area contributed by atoms with E-state index >= 15 is 0 Å². The lowest BCUT2D eigenvalue weighted by atomic mass is 9.98. The highest BCUT2D eigenvalue weighted by atomic mass is 32.2. The first kappa shape index (κ1) is 22.0. The number of benzene rings is 1.